The van der Waals surface area contributed by atoms with Gasteiger partial charge in [-0.2, -0.15) is 0 Å². The smallest absolute Gasteiger partial charge is 0.211 e. The molecule has 2 aromatic carbocycles. The molecule has 0 aromatic heterocycles. The molecule has 2 aromatic rings. The molecule has 0 aliphatic heterocycles. The average molecular weight is 449 g/mol. The summed E-state index contributed by atoms with van der Waals surface area (Å²) >= 11 is 6.55. The number of benzene rings is 2. The van der Waals surface area contributed by atoms with Crippen LogP contribution < -0.4 is 18.9 Å². The highest BCUT2D eigenvalue weighted by Gasteiger charge is 2.19. The molecule has 0 heterocycles. The Morgan fingerprint density at radius 3 is 1.87 bits per heavy atom. The van der Waals surface area contributed by atoms with Crippen LogP contribution >= 0.6 is 11.6 Å². The van der Waals surface area contributed by atoms with Gasteiger partial charge in [-0.25, -0.2) is 0 Å². The molecule has 0 unspecified atom stereocenters. The molecular formula is C25H33ClO5. The number of hydrogen-bond acceptors (Lipinski definition) is 5. The molecule has 2 rings (SSSR count). The van der Waals surface area contributed by atoms with Gasteiger partial charge < -0.3 is 24.1 Å². The van der Waals surface area contributed by atoms with Crippen LogP contribution in [0.3, 0.4) is 0 Å². The van der Waals surface area contributed by atoms with E-state index in [0.29, 0.717) is 59.8 Å². The molecule has 1 N–H and O–H groups in total. The van der Waals surface area contributed by atoms with Crippen molar-refractivity contribution in [3.63, 3.8) is 0 Å². The third kappa shape index (κ3) is 7.08. The van der Waals surface area contributed by atoms with E-state index in [0.717, 1.165) is 30.6 Å². The molecule has 0 saturated heterocycles. The molecule has 31 heavy (non-hydrogen) atoms. The molecule has 5 nitrogen and oxygen atoms in total. The number of aliphatic hydroxyl groups excluding tert-OH is 1. The number of ether oxygens (including phenoxy) is 4. The van der Waals surface area contributed by atoms with Gasteiger partial charge in [-0.05, 0) is 49.4 Å². The predicted molar refractivity (Wildman–Crippen MR) is 125 cm³/mol. The number of allylic oxidation sites excluding steroid dienone is 1. The van der Waals surface area contributed by atoms with Crippen molar-refractivity contribution in [2.75, 3.05) is 19.8 Å². The molecular weight excluding hydrogens is 416 g/mol. The van der Waals surface area contributed by atoms with Gasteiger partial charge in [0, 0.05) is 11.6 Å². The lowest BCUT2D eigenvalue weighted by Crippen LogP contribution is -2.04. The highest BCUT2D eigenvalue weighted by molar-refractivity contribution is 6.32. The standard InChI is InChI=1S/C25H33ClO5/c1-5-9-19-15-22(20(26)16-21(19)28-10-6-2)31-25-23(29-11-7-3)13-18(17-27)14-24(25)30-12-8-4/h5,13-16,27H,1,6-12,17H2,2-4H3. The summed E-state index contributed by atoms with van der Waals surface area (Å²) in [6, 6.07) is 7.16. The van der Waals surface area contributed by atoms with Crippen molar-refractivity contribution in [1.29, 1.82) is 0 Å². The number of hydrogen-bond donors (Lipinski definition) is 1. The Morgan fingerprint density at radius 2 is 1.39 bits per heavy atom. The third-order valence-electron chi connectivity index (χ3n) is 4.34. The van der Waals surface area contributed by atoms with Crippen molar-refractivity contribution in [3.05, 3.63) is 53.1 Å². The van der Waals surface area contributed by atoms with Crippen molar-refractivity contribution < 1.29 is 24.1 Å². The Morgan fingerprint density at radius 1 is 0.839 bits per heavy atom. The maximum absolute atomic E-state index is 9.66. The number of aliphatic hydroxyl groups is 1. The first-order chi connectivity index (χ1) is 15.1. The highest BCUT2D eigenvalue weighted by Crippen LogP contribution is 2.45. The largest absolute Gasteiger partial charge is 0.493 e. The molecule has 0 aliphatic carbocycles. The fourth-order valence-corrected chi connectivity index (χ4v) is 3.08. The lowest BCUT2D eigenvalue weighted by atomic mass is 10.1. The molecule has 0 atom stereocenters. The van der Waals surface area contributed by atoms with E-state index in [4.69, 9.17) is 30.5 Å². The van der Waals surface area contributed by atoms with E-state index in [2.05, 4.69) is 13.5 Å². The van der Waals surface area contributed by atoms with Crippen LogP contribution in [0, 0.1) is 0 Å². The van der Waals surface area contributed by atoms with Crippen LogP contribution in [0.1, 0.15) is 51.2 Å². The molecule has 6 heteroatoms. The Kier molecular flexibility index (Phi) is 10.5. The summed E-state index contributed by atoms with van der Waals surface area (Å²) in [7, 11) is 0. The summed E-state index contributed by atoms with van der Waals surface area (Å²) in [6.07, 6.45) is 5.00. The molecule has 0 fully saturated rings. The van der Waals surface area contributed by atoms with Crippen LogP contribution in [0.15, 0.2) is 36.9 Å². The Labute approximate surface area is 190 Å². The van der Waals surface area contributed by atoms with Crippen LogP contribution in [0.25, 0.3) is 0 Å². The zero-order chi connectivity index (χ0) is 22.6. The molecule has 0 amide bonds. The second-order valence-corrected chi connectivity index (χ2v) is 7.52. The van der Waals surface area contributed by atoms with E-state index in [1.54, 1.807) is 18.2 Å². The van der Waals surface area contributed by atoms with E-state index in [1.165, 1.54) is 0 Å². The van der Waals surface area contributed by atoms with Crippen molar-refractivity contribution in [3.8, 4) is 28.7 Å². The van der Waals surface area contributed by atoms with Gasteiger partial charge in [0.15, 0.2) is 11.5 Å². The molecule has 170 valence electrons. The van der Waals surface area contributed by atoms with Gasteiger partial charge in [-0.15, -0.1) is 6.58 Å². The normalized spacial score (nSPS) is 10.6. The topological polar surface area (TPSA) is 57.2 Å². The van der Waals surface area contributed by atoms with Crippen molar-refractivity contribution in [1.82, 2.24) is 0 Å². The van der Waals surface area contributed by atoms with Gasteiger partial charge >= 0.3 is 0 Å². The van der Waals surface area contributed by atoms with Gasteiger partial charge in [0.2, 0.25) is 5.75 Å². The number of rotatable bonds is 14. The van der Waals surface area contributed by atoms with E-state index in [1.807, 2.05) is 26.0 Å². The highest BCUT2D eigenvalue weighted by atomic mass is 35.5. The lowest BCUT2D eigenvalue weighted by molar-refractivity contribution is 0.264. The fraction of sp³-hybridized carbons (Fsp3) is 0.440. The Balaban J connectivity index is 2.51. The van der Waals surface area contributed by atoms with E-state index in [-0.39, 0.29) is 6.61 Å². The first kappa shape index (κ1) is 24.9. The van der Waals surface area contributed by atoms with Crippen molar-refractivity contribution in [2.24, 2.45) is 0 Å². The lowest BCUT2D eigenvalue weighted by Gasteiger charge is -2.19. The minimum absolute atomic E-state index is 0.126. The van der Waals surface area contributed by atoms with E-state index >= 15 is 0 Å². The maximum Gasteiger partial charge on any atom is 0.211 e. The molecule has 0 aliphatic rings. The van der Waals surface area contributed by atoms with Gasteiger partial charge in [-0.1, -0.05) is 38.4 Å². The van der Waals surface area contributed by atoms with Crippen molar-refractivity contribution in [2.45, 2.75) is 53.1 Å². The van der Waals surface area contributed by atoms with Crippen LogP contribution in [0.5, 0.6) is 28.7 Å². The second kappa shape index (κ2) is 13.1. The van der Waals surface area contributed by atoms with E-state index in [9.17, 15) is 5.11 Å². The minimum Gasteiger partial charge on any atom is -0.493 e. The van der Waals surface area contributed by atoms with Crippen LogP contribution in [0.4, 0.5) is 0 Å². The third-order valence-corrected chi connectivity index (χ3v) is 4.63. The summed E-state index contributed by atoms with van der Waals surface area (Å²) in [5, 5.41) is 10.1. The molecule has 0 saturated carbocycles. The summed E-state index contributed by atoms with van der Waals surface area (Å²) in [6.45, 7) is 11.4. The zero-order valence-electron chi connectivity index (χ0n) is 18.7. The monoisotopic (exact) mass is 448 g/mol. The first-order valence-electron chi connectivity index (χ1n) is 10.8. The van der Waals surface area contributed by atoms with E-state index < -0.39 is 0 Å². The zero-order valence-corrected chi connectivity index (χ0v) is 19.5. The fourth-order valence-electron chi connectivity index (χ4n) is 2.89. The van der Waals surface area contributed by atoms with Gasteiger partial charge in [0.1, 0.15) is 11.5 Å². The van der Waals surface area contributed by atoms with Gasteiger partial charge in [0.05, 0.1) is 31.5 Å². The summed E-state index contributed by atoms with van der Waals surface area (Å²) in [4.78, 5) is 0. The SMILES string of the molecule is C=CCc1cc(Oc2c(OCCC)cc(CO)cc2OCCC)c(Cl)cc1OCCC. The van der Waals surface area contributed by atoms with Gasteiger partial charge in [-0.3, -0.25) is 0 Å². The molecule has 0 spiro atoms. The summed E-state index contributed by atoms with van der Waals surface area (Å²) in [5.74, 6) is 2.65. The second-order valence-electron chi connectivity index (χ2n) is 7.11. The van der Waals surface area contributed by atoms with Crippen LogP contribution in [-0.4, -0.2) is 24.9 Å². The predicted octanol–water partition coefficient (Wildman–Crippen LogP) is 6.72. The average Bonchev–Trinajstić information content (AvgIpc) is 2.78. The molecule has 0 bridgehead atoms. The summed E-state index contributed by atoms with van der Waals surface area (Å²) < 4.78 is 23.9. The Bertz CT molecular complexity index is 821. The van der Waals surface area contributed by atoms with Gasteiger partial charge in [0.25, 0.3) is 0 Å². The summed E-state index contributed by atoms with van der Waals surface area (Å²) in [5.41, 5.74) is 1.62. The first-order valence-corrected chi connectivity index (χ1v) is 11.2. The van der Waals surface area contributed by atoms with Crippen LogP contribution in [0.2, 0.25) is 5.02 Å². The minimum atomic E-state index is -0.126. The molecule has 0 radical (unpaired) electrons. The van der Waals surface area contributed by atoms with Crippen LogP contribution in [-0.2, 0) is 13.0 Å². The quantitative estimate of drug-likeness (QED) is 0.325. The number of halogens is 1. The van der Waals surface area contributed by atoms with Crippen molar-refractivity contribution >= 4 is 11.6 Å². The maximum atomic E-state index is 9.66. The Hall–Kier alpha value is -2.37.